The van der Waals surface area contributed by atoms with Crippen molar-refractivity contribution >= 4 is 39.0 Å². The summed E-state index contributed by atoms with van der Waals surface area (Å²) in [6, 6.07) is 10.5. The zero-order valence-electron chi connectivity index (χ0n) is 12.3. The Labute approximate surface area is 128 Å². The summed E-state index contributed by atoms with van der Waals surface area (Å²) in [5.74, 6) is 1.51. The smallest absolute Gasteiger partial charge is 0.225 e. The van der Waals surface area contributed by atoms with Gasteiger partial charge in [-0.25, -0.2) is 4.98 Å². The molecule has 3 rings (SSSR count). The molecule has 0 bridgehead atoms. The van der Waals surface area contributed by atoms with E-state index in [1.807, 2.05) is 23.6 Å². The van der Waals surface area contributed by atoms with Crippen molar-refractivity contribution in [2.45, 2.75) is 26.8 Å². The number of para-hydroxylation sites is 1. The van der Waals surface area contributed by atoms with E-state index in [0.717, 1.165) is 21.7 Å². The fourth-order valence-corrected chi connectivity index (χ4v) is 2.89. The van der Waals surface area contributed by atoms with Gasteiger partial charge in [0.25, 0.3) is 0 Å². The summed E-state index contributed by atoms with van der Waals surface area (Å²) in [4.78, 5) is 9.18. The minimum Gasteiger partial charge on any atom is -0.352 e. The van der Waals surface area contributed by atoms with E-state index in [1.54, 1.807) is 11.3 Å². The second kappa shape index (κ2) is 5.69. The summed E-state index contributed by atoms with van der Waals surface area (Å²) in [6.07, 6.45) is 0. The highest BCUT2D eigenvalue weighted by molar-refractivity contribution is 7.17. The van der Waals surface area contributed by atoms with Crippen molar-refractivity contribution in [3.8, 4) is 0 Å². The average molecular weight is 298 g/mol. The highest BCUT2D eigenvalue weighted by Gasteiger charge is 2.10. The molecule has 2 aromatic heterocycles. The number of anilines is 3. The van der Waals surface area contributed by atoms with E-state index in [4.69, 9.17) is 0 Å². The Bertz CT molecular complexity index is 764. The molecule has 0 aliphatic heterocycles. The van der Waals surface area contributed by atoms with Gasteiger partial charge in [0.15, 0.2) is 5.82 Å². The van der Waals surface area contributed by atoms with E-state index in [2.05, 4.69) is 53.5 Å². The molecule has 21 heavy (non-hydrogen) atoms. The van der Waals surface area contributed by atoms with Crippen LogP contribution in [0.3, 0.4) is 0 Å². The molecule has 108 valence electrons. The van der Waals surface area contributed by atoms with E-state index in [1.165, 1.54) is 5.56 Å². The van der Waals surface area contributed by atoms with Crippen molar-refractivity contribution in [1.29, 1.82) is 0 Å². The maximum absolute atomic E-state index is 4.63. The zero-order valence-corrected chi connectivity index (χ0v) is 13.2. The van der Waals surface area contributed by atoms with Crippen molar-refractivity contribution in [2.75, 3.05) is 10.6 Å². The zero-order chi connectivity index (χ0) is 14.8. The summed E-state index contributed by atoms with van der Waals surface area (Å²) in [5.41, 5.74) is 3.23. The van der Waals surface area contributed by atoms with E-state index in [-0.39, 0.29) is 0 Å². The minimum atomic E-state index is 0.299. The molecule has 4 nitrogen and oxygen atoms in total. The summed E-state index contributed by atoms with van der Waals surface area (Å²) in [7, 11) is 0. The topological polar surface area (TPSA) is 49.8 Å². The Kier molecular flexibility index (Phi) is 3.75. The predicted octanol–water partition coefficient (Wildman–Crippen LogP) is 4.56. The van der Waals surface area contributed by atoms with E-state index in [9.17, 15) is 0 Å². The third kappa shape index (κ3) is 2.97. The van der Waals surface area contributed by atoms with Crippen molar-refractivity contribution < 1.29 is 0 Å². The van der Waals surface area contributed by atoms with Crippen molar-refractivity contribution in [2.24, 2.45) is 0 Å². The minimum absolute atomic E-state index is 0.299. The van der Waals surface area contributed by atoms with Gasteiger partial charge in [-0.3, -0.25) is 0 Å². The first-order chi connectivity index (χ1) is 10.1. The lowest BCUT2D eigenvalue weighted by Crippen LogP contribution is -2.13. The van der Waals surface area contributed by atoms with Gasteiger partial charge in [-0.05, 0) is 43.8 Å². The Morgan fingerprint density at radius 2 is 1.90 bits per heavy atom. The summed E-state index contributed by atoms with van der Waals surface area (Å²) < 4.78 is 1.08. The molecule has 0 aliphatic carbocycles. The van der Waals surface area contributed by atoms with E-state index < -0.39 is 0 Å². The molecule has 0 fully saturated rings. The number of hydrogen-bond acceptors (Lipinski definition) is 5. The SMILES string of the molecule is Cc1ccccc1Nc1nc(NC(C)C)nc2ccsc12. The Balaban J connectivity index is 2.04. The van der Waals surface area contributed by atoms with Crippen LogP contribution in [0.2, 0.25) is 0 Å². The number of aromatic nitrogens is 2. The number of nitrogens with zero attached hydrogens (tertiary/aromatic N) is 2. The van der Waals surface area contributed by atoms with Crippen LogP contribution in [0.4, 0.5) is 17.5 Å². The number of benzene rings is 1. The van der Waals surface area contributed by atoms with Crippen LogP contribution < -0.4 is 10.6 Å². The maximum atomic E-state index is 4.63. The molecule has 0 spiro atoms. The highest BCUT2D eigenvalue weighted by atomic mass is 32.1. The molecular formula is C16H18N4S. The van der Waals surface area contributed by atoms with Crippen LogP contribution in [0.1, 0.15) is 19.4 Å². The number of aryl methyl sites for hydroxylation is 1. The van der Waals surface area contributed by atoms with Gasteiger partial charge in [0, 0.05) is 11.7 Å². The molecule has 0 amide bonds. The second-order valence-electron chi connectivity index (χ2n) is 5.27. The highest BCUT2D eigenvalue weighted by Crippen LogP contribution is 2.30. The molecular weight excluding hydrogens is 280 g/mol. The van der Waals surface area contributed by atoms with Gasteiger partial charge < -0.3 is 10.6 Å². The van der Waals surface area contributed by atoms with Gasteiger partial charge >= 0.3 is 0 Å². The molecule has 0 radical (unpaired) electrons. The Hall–Kier alpha value is -2.14. The van der Waals surface area contributed by atoms with Gasteiger partial charge in [0.1, 0.15) is 0 Å². The number of thiophene rings is 1. The van der Waals surface area contributed by atoms with Crippen LogP contribution in [0.25, 0.3) is 10.2 Å². The fourth-order valence-electron chi connectivity index (χ4n) is 2.11. The van der Waals surface area contributed by atoms with Crippen LogP contribution in [-0.4, -0.2) is 16.0 Å². The van der Waals surface area contributed by atoms with Gasteiger partial charge in [0.2, 0.25) is 5.95 Å². The van der Waals surface area contributed by atoms with Crippen LogP contribution >= 0.6 is 11.3 Å². The van der Waals surface area contributed by atoms with Gasteiger partial charge in [0.05, 0.1) is 10.2 Å². The normalized spacial score (nSPS) is 11.0. The van der Waals surface area contributed by atoms with Crippen molar-refractivity contribution in [3.63, 3.8) is 0 Å². The Morgan fingerprint density at radius 3 is 2.67 bits per heavy atom. The lowest BCUT2D eigenvalue weighted by Gasteiger charge is -2.13. The lowest BCUT2D eigenvalue weighted by molar-refractivity contribution is 0.878. The summed E-state index contributed by atoms with van der Waals surface area (Å²) in [5, 5.41) is 8.75. The number of hydrogen-bond donors (Lipinski definition) is 2. The molecule has 0 saturated heterocycles. The van der Waals surface area contributed by atoms with Crippen LogP contribution in [0, 0.1) is 6.92 Å². The monoisotopic (exact) mass is 298 g/mol. The first-order valence-corrected chi connectivity index (χ1v) is 7.86. The van der Waals surface area contributed by atoms with Gasteiger partial charge in [-0.2, -0.15) is 4.98 Å². The standard InChI is InChI=1S/C16H18N4S/c1-10(2)17-16-19-13-8-9-21-14(13)15(20-16)18-12-7-5-4-6-11(12)3/h4-10H,1-3H3,(H2,17,18,19,20). The van der Waals surface area contributed by atoms with Crippen LogP contribution in [0.5, 0.6) is 0 Å². The van der Waals surface area contributed by atoms with Crippen LogP contribution in [-0.2, 0) is 0 Å². The predicted molar refractivity (Wildman–Crippen MR) is 90.6 cm³/mol. The largest absolute Gasteiger partial charge is 0.352 e. The second-order valence-corrected chi connectivity index (χ2v) is 6.19. The number of nitrogens with one attached hydrogen (secondary N) is 2. The third-order valence-electron chi connectivity index (χ3n) is 3.12. The van der Waals surface area contributed by atoms with Crippen LogP contribution in [0.15, 0.2) is 35.7 Å². The quantitative estimate of drug-likeness (QED) is 0.741. The van der Waals surface area contributed by atoms with E-state index >= 15 is 0 Å². The first kappa shape index (κ1) is 13.8. The van der Waals surface area contributed by atoms with Crippen molar-refractivity contribution in [1.82, 2.24) is 9.97 Å². The average Bonchev–Trinajstić information content (AvgIpc) is 2.89. The number of rotatable bonds is 4. The molecule has 3 aromatic rings. The molecule has 0 atom stereocenters. The van der Waals surface area contributed by atoms with E-state index in [0.29, 0.717) is 12.0 Å². The molecule has 0 unspecified atom stereocenters. The summed E-state index contributed by atoms with van der Waals surface area (Å²) >= 11 is 1.65. The molecule has 1 aromatic carbocycles. The molecule has 5 heteroatoms. The number of fused-ring (bicyclic) bond motifs is 1. The molecule has 0 aliphatic rings. The summed E-state index contributed by atoms with van der Waals surface area (Å²) in [6.45, 7) is 6.24. The Morgan fingerprint density at radius 1 is 1.10 bits per heavy atom. The molecule has 0 saturated carbocycles. The van der Waals surface area contributed by atoms with Gasteiger partial charge in [-0.1, -0.05) is 18.2 Å². The fraction of sp³-hybridized carbons (Fsp3) is 0.250. The molecule has 2 N–H and O–H groups in total. The lowest BCUT2D eigenvalue weighted by atomic mass is 10.2. The molecule has 2 heterocycles. The maximum Gasteiger partial charge on any atom is 0.225 e. The van der Waals surface area contributed by atoms with Gasteiger partial charge in [-0.15, -0.1) is 11.3 Å². The third-order valence-corrected chi connectivity index (χ3v) is 4.03. The first-order valence-electron chi connectivity index (χ1n) is 6.98. The van der Waals surface area contributed by atoms with Crippen molar-refractivity contribution in [3.05, 3.63) is 41.3 Å².